The fourth-order valence-electron chi connectivity index (χ4n) is 3.82. The van der Waals surface area contributed by atoms with Crippen molar-refractivity contribution in [2.45, 2.75) is 44.3 Å². The first-order valence-corrected chi connectivity index (χ1v) is 9.54. The molecule has 3 atom stereocenters. The molecule has 4 rings (SSSR count). The Bertz CT molecular complexity index is 736. The van der Waals surface area contributed by atoms with Gasteiger partial charge >= 0.3 is 6.09 Å². The van der Waals surface area contributed by atoms with Crippen LogP contribution in [0.5, 0.6) is 0 Å². The number of likely N-dealkylation sites (tertiary alicyclic amines) is 1. The first kappa shape index (κ1) is 18.0. The Morgan fingerprint density at radius 1 is 1.00 bits per heavy atom. The van der Waals surface area contributed by atoms with Gasteiger partial charge in [-0.15, -0.1) is 0 Å². The summed E-state index contributed by atoms with van der Waals surface area (Å²) in [5, 5.41) is 0. The molecule has 142 valence electrons. The summed E-state index contributed by atoms with van der Waals surface area (Å²) in [6.07, 6.45) is 1.58. The smallest absolute Gasteiger partial charge is 0.410 e. The van der Waals surface area contributed by atoms with Gasteiger partial charge in [-0.1, -0.05) is 60.7 Å². The largest absolute Gasteiger partial charge is 0.445 e. The van der Waals surface area contributed by atoms with Gasteiger partial charge in [-0.2, -0.15) is 0 Å². The Kier molecular flexibility index (Phi) is 5.70. The van der Waals surface area contributed by atoms with Gasteiger partial charge in [0.15, 0.2) is 0 Å². The molecule has 0 N–H and O–H groups in total. The minimum atomic E-state index is -0.263. The molecular weight excluding hydrogens is 342 g/mol. The third-order valence-corrected chi connectivity index (χ3v) is 5.23. The van der Waals surface area contributed by atoms with Gasteiger partial charge in [0, 0.05) is 6.54 Å². The van der Waals surface area contributed by atoms with Crippen molar-refractivity contribution in [2.75, 3.05) is 13.2 Å². The maximum absolute atomic E-state index is 12.6. The molecule has 0 aromatic heterocycles. The molecule has 2 bridgehead atoms. The van der Waals surface area contributed by atoms with E-state index < -0.39 is 0 Å². The number of carbonyl (C=O) groups is 1. The number of fused-ring (bicyclic) bond motifs is 2. The van der Waals surface area contributed by atoms with Crippen LogP contribution in [-0.2, 0) is 27.4 Å². The Labute approximate surface area is 159 Å². The highest BCUT2D eigenvalue weighted by Gasteiger charge is 2.45. The fraction of sp³-hybridized carbons (Fsp3) is 0.409. The molecule has 2 heterocycles. The molecule has 1 amide bonds. The van der Waals surface area contributed by atoms with Crippen molar-refractivity contribution in [2.24, 2.45) is 0 Å². The van der Waals surface area contributed by atoms with Gasteiger partial charge in [0.2, 0.25) is 0 Å². The SMILES string of the molecule is O=C(OCc1ccccc1)N1CC[C@H]2C[C@@H]1[C@@H](COCc1ccccc1)O2. The van der Waals surface area contributed by atoms with E-state index >= 15 is 0 Å². The second-order valence-corrected chi connectivity index (χ2v) is 7.12. The van der Waals surface area contributed by atoms with Gasteiger partial charge in [0.1, 0.15) is 12.7 Å². The summed E-state index contributed by atoms with van der Waals surface area (Å²) in [5.41, 5.74) is 2.13. The van der Waals surface area contributed by atoms with Crippen molar-refractivity contribution in [1.29, 1.82) is 0 Å². The third-order valence-electron chi connectivity index (χ3n) is 5.23. The Hall–Kier alpha value is -2.37. The molecule has 2 aromatic carbocycles. The molecule has 5 nitrogen and oxygen atoms in total. The van der Waals surface area contributed by atoms with E-state index in [1.54, 1.807) is 0 Å². The van der Waals surface area contributed by atoms with E-state index in [0.29, 0.717) is 26.4 Å². The lowest BCUT2D eigenvalue weighted by molar-refractivity contribution is -0.0246. The zero-order chi connectivity index (χ0) is 18.5. The fourth-order valence-corrected chi connectivity index (χ4v) is 3.82. The maximum atomic E-state index is 12.6. The Balaban J connectivity index is 1.30. The first-order valence-electron chi connectivity index (χ1n) is 9.54. The topological polar surface area (TPSA) is 48.0 Å². The highest BCUT2D eigenvalue weighted by Crippen LogP contribution is 2.33. The zero-order valence-electron chi connectivity index (χ0n) is 15.3. The average molecular weight is 367 g/mol. The van der Waals surface area contributed by atoms with Crippen molar-refractivity contribution >= 4 is 6.09 Å². The number of piperidine rings is 1. The van der Waals surface area contributed by atoms with Crippen LogP contribution < -0.4 is 0 Å². The van der Waals surface area contributed by atoms with Crippen molar-refractivity contribution in [3.63, 3.8) is 0 Å². The van der Waals surface area contributed by atoms with Crippen LogP contribution in [0, 0.1) is 0 Å². The van der Waals surface area contributed by atoms with Crippen LogP contribution in [-0.4, -0.2) is 42.4 Å². The van der Waals surface area contributed by atoms with Crippen molar-refractivity contribution in [1.82, 2.24) is 4.90 Å². The molecule has 0 unspecified atom stereocenters. The van der Waals surface area contributed by atoms with Gasteiger partial charge in [-0.3, -0.25) is 0 Å². The van der Waals surface area contributed by atoms with Crippen molar-refractivity contribution < 1.29 is 19.0 Å². The van der Waals surface area contributed by atoms with Crippen LogP contribution in [0.15, 0.2) is 60.7 Å². The van der Waals surface area contributed by atoms with E-state index in [1.807, 2.05) is 65.6 Å². The van der Waals surface area contributed by atoms with E-state index in [2.05, 4.69) is 0 Å². The van der Waals surface area contributed by atoms with Crippen LogP contribution in [0.3, 0.4) is 0 Å². The summed E-state index contributed by atoms with van der Waals surface area (Å²) < 4.78 is 17.5. The van der Waals surface area contributed by atoms with Crippen LogP contribution in [0.4, 0.5) is 4.79 Å². The lowest BCUT2D eigenvalue weighted by Crippen LogP contribution is -2.48. The summed E-state index contributed by atoms with van der Waals surface area (Å²) in [6.45, 7) is 2.01. The molecule has 0 spiro atoms. The predicted molar refractivity (Wildman–Crippen MR) is 101 cm³/mol. The zero-order valence-corrected chi connectivity index (χ0v) is 15.3. The summed E-state index contributed by atoms with van der Waals surface area (Å²) in [5.74, 6) is 0. The van der Waals surface area contributed by atoms with E-state index in [1.165, 1.54) is 0 Å². The van der Waals surface area contributed by atoms with Crippen LogP contribution in [0.2, 0.25) is 0 Å². The van der Waals surface area contributed by atoms with E-state index in [0.717, 1.165) is 24.0 Å². The molecule has 2 aliphatic heterocycles. The standard InChI is InChI=1S/C22H25NO4/c24-22(26-15-18-9-5-2-6-10-18)23-12-11-19-13-20(23)21(27-19)16-25-14-17-7-3-1-4-8-17/h1-10,19-21H,11-16H2/t19-,20+,21+/m0/s1. The molecule has 5 heteroatoms. The number of amides is 1. The minimum absolute atomic E-state index is 0.0304. The number of hydrogen-bond donors (Lipinski definition) is 0. The van der Waals surface area contributed by atoms with Gasteiger partial charge < -0.3 is 19.1 Å². The van der Waals surface area contributed by atoms with Crippen LogP contribution in [0.25, 0.3) is 0 Å². The maximum Gasteiger partial charge on any atom is 0.410 e. The predicted octanol–water partition coefficient (Wildman–Crippen LogP) is 3.77. The monoisotopic (exact) mass is 367 g/mol. The molecule has 0 radical (unpaired) electrons. The van der Waals surface area contributed by atoms with E-state index in [9.17, 15) is 4.79 Å². The lowest BCUT2D eigenvalue weighted by atomic mass is 10.0. The van der Waals surface area contributed by atoms with E-state index in [-0.39, 0.29) is 24.3 Å². The number of rotatable bonds is 6. The average Bonchev–Trinajstić information content (AvgIpc) is 3.03. The molecule has 2 saturated heterocycles. The molecule has 0 saturated carbocycles. The Morgan fingerprint density at radius 3 is 2.37 bits per heavy atom. The number of hydrogen-bond acceptors (Lipinski definition) is 4. The van der Waals surface area contributed by atoms with Crippen molar-refractivity contribution in [3.8, 4) is 0 Å². The third kappa shape index (κ3) is 4.49. The second kappa shape index (κ2) is 8.55. The molecule has 2 fully saturated rings. The molecule has 2 aromatic rings. The van der Waals surface area contributed by atoms with E-state index in [4.69, 9.17) is 14.2 Å². The lowest BCUT2D eigenvalue weighted by Gasteiger charge is -2.32. The van der Waals surface area contributed by atoms with Crippen molar-refractivity contribution in [3.05, 3.63) is 71.8 Å². The van der Waals surface area contributed by atoms with Gasteiger partial charge in [0.25, 0.3) is 0 Å². The number of carbonyl (C=O) groups excluding carboxylic acids is 1. The molecule has 27 heavy (non-hydrogen) atoms. The summed E-state index contributed by atoms with van der Waals surface area (Å²) in [7, 11) is 0. The number of benzene rings is 2. The highest BCUT2D eigenvalue weighted by molar-refractivity contribution is 5.68. The quantitative estimate of drug-likeness (QED) is 0.780. The number of ether oxygens (including phenoxy) is 3. The second-order valence-electron chi connectivity index (χ2n) is 7.12. The highest BCUT2D eigenvalue weighted by atomic mass is 16.6. The van der Waals surface area contributed by atoms with Gasteiger partial charge in [-0.25, -0.2) is 4.79 Å². The summed E-state index contributed by atoms with van der Waals surface area (Å²) >= 11 is 0. The molecule has 2 aliphatic rings. The first-order chi connectivity index (χ1) is 13.3. The molecule has 0 aliphatic carbocycles. The molecular formula is C22H25NO4. The minimum Gasteiger partial charge on any atom is -0.445 e. The summed E-state index contributed by atoms with van der Waals surface area (Å²) in [6, 6.07) is 19.9. The summed E-state index contributed by atoms with van der Waals surface area (Å²) in [4.78, 5) is 14.4. The normalized spacial score (nSPS) is 24.0. The van der Waals surface area contributed by atoms with Crippen LogP contribution >= 0.6 is 0 Å². The Morgan fingerprint density at radius 2 is 1.67 bits per heavy atom. The van der Waals surface area contributed by atoms with Gasteiger partial charge in [-0.05, 0) is 24.0 Å². The van der Waals surface area contributed by atoms with Crippen LogP contribution in [0.1, 0.15) is 24.0 Å². The van der Waals surface area contributed by atoms with Gasteiger partial charge in [0.05, 0.1) is 25.4 Å². The number of nitrogens with zero attached hydrogens (tertiary/aromatic N) is 1.